The van der Waals surface area contributed by atoms with Gasteiger partial charge < -0.3 is 20.4 Å². The highest BCUT2D eigenvalue weighted by Gasteiger charge is 2.52. The van der Waals surface area contributed by atoms with Crippen LogP contribution in [-0.4, -0.2) is 68.7 Å². The summed E-state index contributed by atoms with van der Waals surface area (Å²) in [5, 5.41) is 9.99. The normalized spacial score (nSPS) is 26.1. The lowest BCUT2D eigenvalue weighted by Gasteiger charge is -2.23. The highest BCUT2D eigenvalue weighted by molar-refractivity contribution is 8.18. The summed E-state index contributed by atoms with van der Waals surface area (Å²) < 4.78 is 5.88. The standard InChI is InChI=1S/C27H27N5O5S3/c1-27-14-38-18(23(27)30-25(35)31-27)13-20(33)28-9-4-10-32-24(34)19(39-26(32)36)12-16-7-8-22(37-16)40-21-11-15-5-2-3-6-17(15)29-21/h2-3,5-8,12,18,23H,4,9-11,13-14H2,1H3,(H,28,33)(H2,30,31,35)/b19-12-/t18-,23+,27-/m0/s1. The number of hydrogen-bond acceptors (Lipinski definition) is 9. The Morgan fingerprint density at radius 3 is 2.98 bits per heavy atom. The summed E-state index contributed by atoms with van der Waals surface area (Å²) >= 11 is 4.00. The van der Waals surface area contributed by atoms with Crippen molar-refractivity contribution >= 4 is 75.2 Å². The van der Waals surface area contributed by atoms with Crippen LogP contribution in [0.1, 0.15) is 31.1 Å². The molecule has 0 spiro atoms. The number of nitrogens with one attached hydrogen (secondary N) is 3. The van der Waals surface area contributed by atoms with Gasteiger partial charge >= 0.3 is 6.03 Å². The molecule has 10 nitrogen and oxygen atoms in total. The van der Waals surface area contributed by atoms with Gasteiger partial charge in [-0.2, -0.15) is 11.8 Å². The van der Waals surface area contributed by atoms with Gasteiger partial charge in [-0.1, -0.05) is 18.2 Å². The summed E-state index contributed by atoms with van der Waals surface area (Å²) in [4.78, 5) is 55.7. The second-order valence-electron chi connectivity index (χ2n) is 10.2. The third kappa shape index (κ3) is 5.54. The molecule has 4 aliphatic rings. The average Bonchev–Trinajstić information content (AvgIpc) is 3.70. The topological polar surface area (TPSA) is 133 Å². The minimum Gasteiger partial charge on any atom is -0.450 e. The van der Waals surface area contributed by atoms with Crippen molar-refractivity contribution in [2.45, 2.75) is 48.1 Å². The summed E-state index contributed by atoms with van der Waals surface area (Å²) in [5.74, 6) is 0.763. The molecule has 0 bridgehead atoms. The summed E-state index contributed by atoms with van der Waals surface area (Å²) in [6.07, 6.45) is 3.08. The van der Waals surface area contributed by atoms with Crippen LogP contribution < -0.4 is 16.0 Å². The second kappa shape index (κ2) is 11.0. The van der Waals surface area contributed by atoms with Crippen molar-refractivity contribution in [3.05, 3.63) is 52.6 Å². The Kier molecular flexibility index (Phi) is 7.44. The molecule has 0 unspecified atom stereocenters. The van der Waals surface area contributed by atoms with Crippen molar-refractivity contribution in [1.29, 1.82) is 0 Å². The molecule has 40 heavy (non-hydrogen) atoms. The lowest BCUT2D eigenvalue weighted by atomic mass is 9.93. The third-order valence-corrected chi connectivity index (χ3v) is 10.6. The minimum absolute atomic E-state index is 0.00208. The molecule has 2 aromatic rings. The largest absolute Gasteiger partial charge is 0.450 e. The summed E-state index contributed by atoms with van der Waals surface area (Å²) in [6, 6.07) is 11.3. The maximum atomic E-state index is 12.9. The number of nitrogens with zero attached hydrogens (tertiary/aromatic N) is 2. The van der Waals surface area contributed by atoms with Gasteiger partial charge in [-0.3, -0.25) is 19.3 Å². The average molecular weight is 598 g/mol. The van der Waals surface area contributed by atoms with Crippen molar-refractivity contribution in [2.24, 2.45) is 4.99 Å². The molecule has 1 aromatic carbocycles. The number of carbonyl (C=O) groups excluding carboxylic acids is 4. The first-order chi connectivity index (χ1) is 19.3. The van der Waals surface area contributed by atoms with Gasteiger partial charge in [-0.25, -0.2) is 9.79 Å². The van der Waals surface area contributed by atoms with Gasteiger partial charge in [-0.15, -0.1) is 0 Å². The number of hydrogen-bond donors (Lipinski definition) is 3. The van der Waals surface area contributed by atoms with Crippen LogP contribution in [-0.2, 0) is 16.0 Å². The zero-order valence-corrected chi connectivity index (χ0v) is 24.0. The van der Waals surface area contributed by atoms with E-state index in [-0.39, 0.29) is 46.5 Å². The predicted octanol–water partition coefficient (Wildman–Crippen LogP) is 4.15. The molecule has 13 heteroatoms. The molecule has 3 fully saturated rings. The molecule has 5 amide bonds. The summed E-state index contributed by atoms with van der Waals surface area (Å²) in [6.45, 7) is 2.54. The van der Waals surface area contributed by atoms with E-state index in [4.69, 9.17) is 4.42 Å². The number of fused-ring (bicyclic) bond motifs is 2. The van der Waals surface area contributed by atoms with Crippen LogP contribution in [0, 0.1) is 0 Å². The number of benzene rings is 1. The molecule has 4 aliphatic heterocycles. The van der Waals surface area contributed by atoms with Gasteiger partial charge in [0.05, 0.1) is 27.2 Å². The fourth-order valence-corrected chi connectivity index (χ4v) is 8.51. The van der Waals surface area contributed by atoms with Crippen LogP contribution in [0.25, 0.3) is 6.08 Å². The van der Waals surface area contributed by atoms with Gasteiger partial charge in [0, 0.05) is 43.0 Å². The molecule has 6 rings (SSSR count). The highest BCUT2D eigenvalue weighted by atomic mass is 32.2. The maximum Gasteiger partial charge on any atom is 0.315 e. The fraction of sp³-hybridized carbons (Fsp3) is 0.370. The van der Waals surface area contributed by atoms with Gasteiger partial charge in [-0.05, 0) is 60.6 Å². The molecule has 3 N–H and O–H groups in total. The number of thioether (sulfide) groups is 3. The molecule has 0 saturated carbocycles. The van der Waals surface area contributed by atoms with Crippen LogP contribution in [0.3, 0.4) is 0 Å². The van der Waals surface area contributed by atoms with Crippen molar-refractivity contribution in [1.82, 2.24) is 20.9 Å². The first kappa shape index (κ1) is 27.0. The van der Waals surface area contributed by atoms with Gasteiger partial charge in [0.1, 0.15) is 5.76 Å². The van der Waals surface area contributed by atoms with Crippen molar-refractivity contribution in [3.63, 3.8) is 0 Å². The first-order valence-electron chi connectivity index (χ1n) is 12.9. The molecule has 3 saturated heterocycles. The van der Waals surface area contributed by atoms with Crippen molar-refractivity contribution < 1.29 is 23.6 Å². The van der Waals surface area contributed by atoms with E-state index in [9.17, 15) is 19.2 Å². The predicted molar refractivity (Wildman–Crippen MR) is 157 cm³/mol. The Bertz CT molecular complexity index is 1460. The summed E-state index contributed by atoms with van der Waals surface area (Å²) in [5.41, 5.74) is 1.82. The molecule has 208 valence electrons. The number of urea groups is 1. The van der Waals surface area contributed by atoms with E-state index in [1.54, 1.807) is 23.9 Å². The number of furan rings is 1. The Morgan fingerprint density at radius 2 is 2.12 bits per heavy atom. The van der Waals surface area contributed by atoms with Gasteiger partial charge in [0.2, 0.25) is 5.91 Å². The number of aliphatic imine (C=N–C) groups is 1. The van der Waals surface area contributed by atoms with Crippen LogP contribution in [0.5, 0.6) is 0 Å². The summed E-state index contributed by atoms with van der Waals surface area (Å²) in [7, 11) is 0. The van der Waals surface area contributed by atoms with E-state index in [1.807, 2.05) is 31.2 Å². The zero-order chi connectivity index (χ0) is 27.9. The molecule has 0 aliphatic carbocycles. The minimum atomic E-state index is -0.367. The monoisotopic (exact) mass is 597 g/mol. The van der Waals surface area contributed by atoms with Gasteiger partial charge in [0.25, 0.3) is 11.1 Å². The smallest absolute Gasteiger partial charge is 0.315 e. The number of carbonyl (C=O) groups is 4. The molecular formula is C27H27N5O5S3. The van der Waals surface area contributed by atoms with Crippen LogP contribution in [0.2, 0.25) is 0 Å². The van der Waals surface area contributed by atoms with E-state index in [1.165, 1.54) is 22.2 Å². The Labute approximate surface area is 243 Å². The quantitative estimate of drug-likeness (QED) is 0.235. The van der Waals surface area contributed by atoms with E-state index < -0.39 is 0 Å². The number of rotatable bonds is 8. The number of imide groups is 1. The maximum absolute atomic E-state index is 12.9. The van der Waals surface area contributed by atoms with Gasteiger partial charge in [0.15, 0.2) is 5.09 Å². The van der Waals surface area contributed by atoms with E-state index >= 15 is 0 Å². The first-order valence-corrected chi connectivity index (χ1v) is 15.6. The number of para-hydroxylation sites is 1. The fourth-order valence-electron chi connectivity index (χ4n) is 5.15. The Hall–Kier alpha value is -3.16. The second-order valence-corrected chi connectivity index (χ2v) is 13.5. The highest BCUT2D eigenvalue weighted by Crippen LogP contribution is 2.39. The molecule has 0 radical (unpaired) electrons. The molecular weight excluding hydrogens is 571 g/mol. The molecule has 1 aromatic heterocycles. The SMILES string of the molecule is C[C@]12CS[C@@H](CC(=O)NCCCN3C(=O)S/C(=C\c4ccc(SC5=Nc6ccccc6C5)o4)C3=O)[C@H]1NC(=O)N2. The third-order valence-electron chi connectivity index (χ3n) is 7.15. The molecule has 5 heterocycles. The van der Waals surface area contributed by atoms with Crippen molar-refractivity contribution in [3.8, 4) is 0 Å². The van der Waals surface area contributed by atoms with Crippen molar-refractivity contribution in [2.75, 3.05) is 18.8 Å². The van der Waals surface area contributed by atoms with Crippen LogP contribution in [0.4, 0.5) is 15.3 Å². The lowest BCUT2D eigenvalue weighted by molar-refractivity contribution is -0.122. The van der Waals surface area contributed by atoms with E-state index in [2.05, 4.69) is 27.0 Å². The molecule has 3 atom stereocenters. The Balaban J connectivity index is 0.961. The zero-order valence-electron chi connectivity index (χ0n) is 21.6. The lowest BCUT2D eigenvalue weighted by Crippen LogP contribution is -2.48. The number of amides is 5. The van der Waals surface area contributed by atoms with E-state index in [0.29, 0.717) is 35.1 Å². The Morgan fingerprint density at radius 1 is 1.27 bits per heavy atom. The van der Waals surface area contributed by atoms with Crippen LogP contribution >= 0.6 is 35.3 Å². The van der Waals surface area contributed by atoms with E-state index in [0.717, 1.165) is 34.7 Å². The van der Waals surface area contributed by atoms with Crippen LogP contribution in [0.15, 0.2) is 55.8 Å².